The predicted octanol–water partition coefficient (Wildman–Crippen LogP) is 1.64. The van der Waals surface area contributed by atoms with E-state index in [4.69, 9.17) is 23.2 Å². The molecule has 0 saturated heterocycles. The molecule has 0 unspecified atom stereocenters. The number of isocyanates is 1. The van der Waals surface area contributed by atoms with E-state index in [2.05, 4.69) is 4.99 Å². The topological polar surface area (TPSA) is 29.4 Å². The molecule has 0 heterocycles. The SMILES string of the molecule is O=C=NCC=C(Cl)Cl. The predicted molar refractivity (Wildman–Crippen MR) is 32.8 cm³/mol. The Morgan fingerprint density at radius 2 is 2.38 bits per heavy atom. The fraction of sp³-hybridized carbons (Fsp3) is 0.250. The van der Waals surface area contributed by atoms with Crippen molar-refractivity contribution in [3.05, 3.63) is 10.6 Å². The van der Waals surface area contributed by atoms with Crippen molar-refractivity contribution in [2.24, 2.45) is 4.99 Å². The largest absolute Gasteiger partial charge is 0.235 e. The van der Waals surface area contributed by atoms with Gasteiger partial charge in [-0.25, -0.2) is 9.79 Å². The lowest BCUT2D eigenvalue weighted by Gasteiger charge is -1.75. The number of rotatable bonds is 2. The highest BCUT2D eigenvalue weighted by atomic mass is 35.5. The molecule has 8 heavy (non-hydrogen) atoms. The second kappa shape index (κ2) is 4.85. The highest BCUT2D eigenvalue weighted by molar-refractivity contribution is 6.55. The van der Waals surface area contributed by atoms with Gasteiger partial charge in [0.25, 0.3) is 0 Å². The summed E-state index contributed by atoms with van der Waals surface area (Å²) in [4.78, 5) is 12.5. The summed E-state index contributed by atoms with van der Waals surface area (Å²) in [5.74, 6) is 0. The number of aliphatic imine (C=N–C) groups is 1. The van der Waals surface area contributed by atoms with Gasteiger partial charge in [0, 0.05) is 0 Å². The Kier molecular flexibility index (Phi) is 4.67. The van der Waals surface area contributed by atoms with E-state index in [0.717, 1.165) is 0 Å². The first-order valence-corrected chi connectivity index (χ1v) is 2.57. The van der Waals surface area contributed by atoms with Crippen LogP contribution < -0.4 is 0 Å². The van der Waals surface area contributed by atoms with Crippen LogP contribution in [-0.2, 0) is 4.79 Å². The second-order valence-corrected chi connectivity index (χ2v) is 1.93. The van der Waals surface area contributed by atoms with Gasteiger partial charge in [0.05, 0.1) is 6.54 Å². The summed E-state index contributed by atoms with van der Waals surface area (Å²) in [6, 6.07) is 0. The third-order valence-electron chi connectivity index (χ3n) is 0.401. The average Bonchev–Trinajstić information content (AvgIpc) is 1.66. The highest BCUT2D eigenvalue weighted by Gasteiger charge is 1.77. The lowest BCUT2D eigenvalue weighted by atomic mass is 10.6. The van der Waals surface area contributed by atoms with Crippen LogP contribution in [-0.4, -0.2) is 12.6 Å². The summed E-state index contributed by atoms with van der Waals surface area (Å²) in [5, 5.41) is 0. The quantitative estimate of drug-likeness (QED) is 0.436. The molecular weight excluding hydrogens is 149 g/mol. The lowest BCUT2D eigenvalue weighted by Crippen LogP contribution is -1.68. The minimum atomic E-state index is 0.115. The third kappa shape index (κ3) is 5.70. The van der Waals surface area contributed by atoms with Gasteiger partial charge >= 0.3 is 0 Å². The van der Waals surface area contributed by atoms with Crippen LogP contribution >= 0.6 is 23.2 Å². The Morgan fingerprint density at radius 3 is 2.75 bits per heavy atom. The summed E-state index contributed by atoms with van der Waals surface area (Å²) in [7, 11) is 0. The molecule has 0 radical (unpaired) electrons. The Labute approximate surface area is 56.8 Å². The van der Waals surface area contributed by atoms with E-state index in [-0.39, 0.29) is 11.0 Å². The molecule has 2 nitrogen and oxygen atoms in total. The zero-order valence-corrected chi connectivity index (χ0v) is 5.41. The van der Waals surface area contributed by atoms with E-state index in [1.165, 1.54) is 12.2 Å². The molecule has 0 saturated carbocycles. The molecule has 0 fully saturated rings. The van der Waals surface area contributed by atoms with Crippen molar-refractivity contribution in [1.29, 1.82) is 0 Å². The Hall–Kier alpha value is -0.300. The van der Waals surface area contributed by atoms with Crippen molar-refractivity contribution in [2.45, 2.75) is 0 Å². The van der Waals surface area contributed by atoms with Crippen LogP contribution in [0.2, 0.25) is 0 Å². The van der Waals surface area contributed by atoms with E-state index in [9.17, 15) is 4.79 Å². The van der Waals surface area contributed by atoms with E-state index in [0.29, 0.717) is 0 Å². The van der Waals surface area contributed by atoms with E-state index in [1.54, 1.807) is 0 Å². The maximum atomic E-state index is 9.38. The first-order valence-electron chi connectivity index (χ1n) is 1.82. The maximum Gasteiger partial charge on any atom is 0.235 e. The average molecular weight is 152 g/mol. The number of nitrogens with zero attached hydrogens (tertiary/aromatic N) is 1. The van der Waals surface area contributed by atoms with Crippen LogP contribution in [0.4, 0.5) is 0 Å². The zero-order valence-electron chi connectivity index (χ0n) is 3.90. The van der Waals surface area contributed by atoms with Crippen LogP contribution in [0, 0.1) is 0 Å². The number of carbonyl (C=O) groups excluding carboxylic acids is 1. The van der Waals surface area contributed by atoms with Crippen molar-refractivity contribution >= 4 is 29.3 Å². The molecule has 4 heteroatoms. The molecule has 0 aliphatic carbocycles. The second-order valence-electron chi connectivity index (χ2n) is 0.926. The van der Waals surface area contributed by atoms with Gasteiger partial charge in [0.1, 0.15) is 4.49 Å². The van der Waals surface area contributed by atoms with E-state index < -0.39 is 0 Å². The fourth-order valence-corrected chi connectivity index (χ4v) is 0.290. The molecule has 44 valence electrons. The van der Waals surface area contributed by atoms with Gasteiger partial charge in [-0.05, 0) is 6.08 Å². The maximum absolute atomic E-state index is 9.38. The van der Waals surface area contributed by atoms with Gasteiger partial charge in [-0.2, -0.15) is 0 Å². The van der Waals surface area contributed by atoms with Gasteiger partial charge < -0.3 is 0 Å². The summed E-state index contributed by atoms with van der Waals surface area (Å²) < 4.78 is 0.115. The summed E-state index contributed by atoms with van der Waals surface area (Å²) >= 11 is 10.3. The van der Waals surface area contributed by atoms with Gasteiger partial charge in [0.2, 0.25) is 6.08 Å². The van der Waals surface area contributed by atoms with Crippen molar-refractivity contribution in [3.63, 3.8) is 0 Å². The number of hydrogen-bond donors (Lipinski definition) is 0. The van der Waals surface area contributed by atoms with Crippen LogP contribution in [0.15, 0.2) is 15.6 Å². The molecule has 0 amide bonds. The van der Waals surface area contributed by atoms with Gasteiger partial charge in [-0.15, -0.1) is 0 Å². The smallest absolute Gasteiger partial charge is 0.211 e. The summed E-state index contributed by atoms with van der Waals surface area (Å²) in [6.07, 6.45) is 2.73. The Balaban J connectivity index is 3.44. The molecule has 0 atom stereocenters. The highest BCUT2D eigenvalue weighted by Crippen LogP contribution is 2.04. The standard InChI is InChI=1S/C4H3Cl2NO/c5-4(6)1-2-7-3-8/h1H,2H2. The minimum absolute atomic E-state index is 0.115. The van der Waals surface area contributed by atoms with Crippen LogP contribution in [0.3, 0.4) is 0 Å². The molecule has 0 aliphatic heterocycles. The van der Waals surface area contributed by atoms with Crippen LogP contribution in [0.5, 0.6) is 0 Å². The zero-order chi connectivity index (χ0) is 6.41. The van der Waals surface area contributed by atoms with Crippen molar-refractivity contribution in [3.8, 4) is 0 Å². The Morgan fingerprint density at radius 1 is 1.75 bits per heavy atom. The van der Waals surface area contributed by atoms with Crippen molar-refractivity contribution < 1.29 is 4.79 Å². The van der Waals surface area contributed by atoms with Crippen LogP contribution in [0.25, 0.3) is 0 Å². The van der Waals surface area contributed by atoms with Crippen molar-refractivity contribution in [2.75, 3.05) is 6.54 Å². The molecular formula is C4H3Cl2NO. The summed E-state index contributed by atoms with van der Waals surface area (Å²) in [5.41, 5.74) is 0. The summed E-state index contributed by atoms with van der Waals surface area (Å²) in [6.45, 7) is 0.200. The normalized spacial score (nSPS) is 7.25. The van der Waals surface area contributed by atoms with E-state index in [1.807, 2.05) is 0 Å². The van der Waals surface area contributed by atoms with Crippen molar-refractivity contribution in [1.82, 2.24) is 0 Å². The first kappa shape index (κ1) is 7.70. The fourth-order valence-electron chi connectivity index (χ4n) is 0.152. The minimum Gasteiger partial charge on any atom is -0.211 e. The number of hydrogen-bond acceptors (Lipinski definition) is 2. The Bertz CT molecular complexity index is 133. The molecule has 0 bridgehead atoms. The molecule has 0 rings (SSSR count). The monoisotopic (exact) mass is 151 g/mol. The van der Waals surface area contributed by atoms with E-state index >= 15 is 0 Å². The first-order chi connectivity index (χ1) is 3.77. The molecule has 0 aromatic rings. The van der Waals surface area contributed by atoms with Gasteiger partial charge in [0.15, 0.2) is 0 Å². The number of halogens is 2. The molecule has 0 aromatic heterocycles. The van der Waals surface area contributed by atoms with Gasteiger partial charge in [-0.1, -0.05) is 23.2 Å². The third-order valence-corrected chi connectivity index (χ3v) is 0.710. The van der Waals surface area contributed by atoms with Gasteiger partial charge in [-0.3, -0.25) is 0 Å². The van der Waals surface area contributed by atoms with Crippen LogP contribution in [0.1, 0.15) is 0 Å². The molecule has 0 N–H and O–H groups in total. The molecule has 0 spiro atoms. The molecule has 0 aliphatic rings. The molecule has 0 aromatic carbocycles. The lowest BCUT2D eigenvalue weighted by molar-refractivity contribution is 0.564.